The van der Waals surface area contributed by atoms with Crippen molar-refractivity contribution in [1.29, 1.82) is 0 Å². The average molecular weight is 398 g/mol. The zero-order valence-corrected chi connectivity index (χ0v) is 17.5. The molecule has 0 aliphatic rings. The SMILES string of the molecule is CCCCC(O)/C=C\C/C=C\C/C=C\C/C=C\CCCC(=O)NS(=O)OC. The first-order chi connectivity index (χ1) is 13.1. The summed E-state index contributed by atoms with van der Waals surface area (Å²) in [6, 6.07) is 0. The summed E-state index contributed by atoms with van der Waals surface area (Å²) in [7, 11) is 1.28. The molecule has 2 N–H and O–H groups in total. The van der Waals surface area contributed by atoms with E-state index in [0.717, 1.165) is 51.4 Å². The highest BCUT2D eigenvalue weighted by Crippen LogP contribution is 2.02. The predicted octanol–water partition coefficient (Wildman–Crippen LogP) is 4.44. The Kier molecular flexibility index (Phi) is 18.2. The minimum absolute atomic E-state index is 0.263. The number of carbonyl (C=O) groups excluding carboxylic acids is 1. The van der Waals surface area contributed by atoms with E-state index in [-0.39, 0.29) is 12.0 Å². The molecule has 154 valence electrons. The molecule has 0 aliphatic heterocycles. The van der Waals surface area contributed by atoms with Gasteiger partial charge in [-0.25, -0.2) is 4.21 Å². The quantitative estimate of drug-likeness (QED) is 0.298. The molecular formula is C21H35NO4S. The Morgan fingerprint density at radius 1 is 1.04 bits per heavy atom. The number of nitrogens with one attached hydrogen (secondary N) is 1. The number of allylic oxidation sites excluding steroid dienone is 7. The van der Waals surface area contributed by atoms with Crippen molar-refractivity contribution in [2.75, 3.05) is 7.11 Å². The first-order valence-corrected chi connectivity index (χ1v) is 10.7. The molecule has 0 aliphatic carbocycles. The normalized spacial score (nSPS) is 14.6. The van der Waals surface area contributed by atoms with Gasteiger partial charge >= 0.3 is 0 Å². The van der Waals surface area contributed by atoms with Crippen molar-refractivity contribution in [2.45, 2.75) is 70.8 Å². The van der Waals surface area contributed by atoms with E-state index < -0.39 is 11.3 Å². The summed E-state index contributed by atoms with van der Waals surface area (Å²) in [4.78, 5) is 11.3. The average Bonchev–Trinajstić information content (AvgIpc) is 2.66. The summed E-state index contributed by atoms with van der Waals surface area (Å²) in [6.07, 6.45) is 23.7. The van der Waals surface area contributed by atoms with Gasteiger partial charge in [-0.1, -0.05) is 68.4 Å². The summed E-state index contributed by atoms with van der Waals surface area (Å²) >= 11 is -1.72. The van der Waals surface area contributed by atoms with Gasteiger partial charge < -0.3 is 5.11 Å². The number of hydrogen-bond acceptors (Lipinski definition) is 4. The Hall–Kier alpha value is -1.50. The van der Waals surface area contributed by atoms with Crippen molar-refractivity contribution in [3.8, 4) is 0 Å². The van der Waals surface area contributed by atoms with Gasteiger partial charge in [-0.05, 0) is 38.5 Å². The zero-order valence-electron chi connectivity index (χ0n) is 16.6. The fourth-order valence-electron chi connectivity index (χ4n) is 2.15. The Bertz CT molecular complexity index is 512. The van der Waals surface area contributed by atoms with E-state index >= 15 is 0 Å². The van der Waals surface area contributed by atoms with Crippen LogP contribution in [0.3, 0.4) is 0 Å². The maximum Gasteiger partial charge on any atom is 0.263 e. The third kappa shape index (κ3) is 19.1. The fourth-order valence-corrected chi connectivity index (χ4v) is 2.52. The highest BCUT2D eigenvalue weighted by atomic mass is 32.2. The third-order valence-electron chi connectivity index (χ3n) is 3.65. The first-order valence-electron chi connectivity index (χ1n) is 9.65. The first kappa shape index (κ1) is 25.5. The second-order valence-corrected chi connectivity index (χ2v) is 7.08. The summed E-state index contributed by atoms with van der Waals surface area (Å²) in [5.74, 6) is -0.263. The molecule has 1 amide bonds. The summed E-state index contributed by atoms with van der Waals surface area (Å²) < 4.78 is 17.6. The van der Waals surface area contributed by atoms with Crippen LogP contribution in [0, 0.1) is 0 Å². The lowest BCUT2D eigenvalue weighted by Crippen LogP contribution is -2.25. The molecule has 0 aromatic heterocycles. The number of hydrogen-bond donors (Lipinski definition) is 2. The standard InChI is InChI=1S/C21H35NO4S/c1-3-4-17-20(23)18-15-13-11-9-7-5-6-8-10-12-14-16-19-21(24)22-27(25)26-2/h5-6,9-12,15,18,20,23H,3-4,7-8,13-14,16-17,19H2,1-2H3,(H,22,24)/b6-5-,11-9-,12-10-,18-15-. The van der Waals surface area contributed by atoms with Crippen LogP contribution in [0.4, 0.5) is 0 Å². The smallest absolute Gasteiger partial charge is 0.263 e. The van der Waals surface area contributed by atoms with Crippen LogP contribution >= 0.6 is 0 Å². The molecule has 0 aromatic rings. The van der Waals surface area contributed by atoms with E-state index in [9.17, 15) is 14.1 Å². The van der Waals surface area contributed by atoms with Crippen LogP contribution in [0.15, 0.2) is 48.6 Å². The summed E-state index contributed by atoms with van der Waals surface area (Å²) in [5, 5.41) is 9.66. The monoisotopic (exact) mass is 397 g/mol. The Morgan fingerprint density at radius 2 is 1.63 bits per heavy atom. The van der Waals surface area contributed by atoms with Gasteiger partial charge in [0.15, 0.2) is 0 Å². The van der Waals surface area contributed by atoms with Crippen LogP contribution in [-0.4, -0.2) is 28.4 Å². The molecule has 2 atom stereocenters. The molecular weight excluding hydrogens is 362 g/mol. The number of aliphatic hydroxyl groups excluding tert-OH is 1. The third-order valence-corrected chi connectivity index (χ3v) is 4.35. The molecule has 0 fully saturated rings. The molecule has 0 heterocycles. The molecule has 5 nitrogen and oxygen atoms in total. The van der Waals surface area contributed by atoms with Crippen LogP contribution < -0.4 is 4.72 Å². The lowest BCUT2D eigenvalue weighted by atomic mass is 10.1. The number of aliphatic hydroxyl groups is 1. The topological polar surface area (TPSA) is 75.6 Å². The van der Waals surface area contributed by atoms with Crippen LogP contribution in [0.2, 0.25) is 0 Å². The minimum atomic E-state index is -1.72. The Labute approximate surface area is 167 Å². The largest absolute Gasteiger partial charge is 0.389 e. The van der Waals surface area contributed by atoms with Crippen LogP contribution in [0.5, 0.6) is 0 Å². The highest BCUT2D eigenvalue weighted by molar-refractivity contribution is 7.78. The molecule has 0 bridgehead atoms. The summed E-state index contributed by atoms with van der Waals surface area (Å²) in [5.41, 5.74) is 0. The van der Waals surface area contributed by atoms with E-state index in [1.807, 2.05) is 12.2 Å². The van der Waals surface area contributed by atoms with Crippen molar-refractivity contribution >= 4 is 17.2 Å². The number of unbranched alkanes of at least 4 members (excludes halogenated alkanes) is 2. The van der Waals surface area contributed by atoms with Gasteiger partial charge in [0.25, 0.3) is 11.3 Å². The molecule has 0 rings (SSSR count). The van der Waals surface area contributed by atoms with Crippen molar-refractivity contribution in [2.24, 2.45) is 0 Å². The molecule has 6 heteroatoms. The van der Waals surface area contributed by atoms with Crippen LogP contribution in [-0.2, 0) is 20.2 Å². The lowest BCUT2D eigenvalue weighted by molar-refractivity contribution is -0.119. The molecule has 0 radical (unpaired) electrons. The number of amides is 1. The highest BCUT2D eigenvalue weighted by Gasteiger charge is 2.03. The fraction of sp³-hybridized carbons (Fsp3) is 0.571. The molecule has 27 heavy (non-hydrogen) atoms. The second kappa shape index (κ2) is 19.3. The van der Waals surface area contributed by atoms with Crippen molar-refractivity contribution in [3.63, 3.8) is 0 Å². The maximum absolute atomic E-state index is 11.3. The second-order valence-electron chi connectivity index (χ2n) is 6.08. The van der Waals surface area contributed by atoms with Gasteiger partial charge in [-0.15, -0.1) is 0 Å². The number of carbonyl (C=O) groups is 1. The Morgan fingerprint density at radius 3 is 2.22 bits per heavy atom. The van der Waals surface area contributed by atoms with Gasteiger partial charge in [0, 0.05) is 6.42 Å². The molecule has 2 unspecified atom stereocenters. The maximum atomic E-state index is 11.3. The van der Waals surface area contributed by atoms with E-state index in [2.05, 4.69) is 52.3 Å². The zero-order chi connectivity index (χ0) is 20.2. The van der Waals surface area contributed by atoms with Gasteiger partial charge in [0.1, 0.15) is 0 Å². The predicted molar refractivity (Wildman–Crippen MR) is 113 cm³/mol. The van der Waals surface area contributed by atoms with Crippen molar-refractivity contribution in [1.82, 2.24) is 4.72 Å². The lowest BCUT2D eigenvalue weighted by Gasteiger charge is -2.02. The Balaban J connectivity index is 3.61. The van der Waals surface area contributed by atoms with Crippen molar-refractivity contribution < 1.29 is 18.3 Å². The van der Waals surface area contributed by atoms with Crippen LogP contribution in [0.1, 0.15) is 64.7 Å². The van der Waals surface area contributed by atoms with E-state index in [1.54, 1.807) is 0 Å². The van der Waals surface area contributed by atoms with Gasteiger partial charge in [0.2, 0.25) is 5.91 Å². The van der Waals surface area contributed by atoms with E-state index in [1.165, 1.54) is 7.11 Å². The molecule has 0 saturated heterocycles. The minimum Gasteiger partial charge on any atom is -0.389 e. The van der Waals surface area contributed by atoms with Gasteiger partial charge in [0.05, 0.1) is 13.2 Å². The molecule has 0 aromatic carbocycles. The molecule has 0 spiro atoms. The van der Waals surface area contributed by atoms with Crippen molar-refractivity contribution in [3.05, 3.63) is 48.6 Å². The van der Waals surface area contributed by atoms with E-state index in [0.29, 0.717) is 6.42 Å². The van der Waals surface area contributed by atoms with E-state index in [4.69, 9.17) is 0 Å². The van der Waals surface area contributed by atoms with Gasteiger partial charge in [-0.2, -0.15) is 0 Å². The summed E-state index contributed by atoms with van der Waals surface area (Å²) in [6.45, 7) is 2.12. The van der Waals surface area contributed by atoms with Crippen LogP contribution in [0.25, 0.3) is 0 Å². The molecule has 0 saturated carbocycles. The van der Waals surface area contributed by atoms with Gasteiger partial charge in [-0.3, -0.25) is 13.7 Å². The number of rotatable bonds is 16.